The van der Waals surface area contributed by atoms with Crippen molar-refractivity contribution in [2.45, 2.75) is 26.4 Å². The summed E-state index contributed by atoms with van der Waals surface area (Å²) in [7, 11) is 2.19. The number of hydrogen-bond donors (Lipinski definition) is 0. The fourth-order valence-corrected chi connectivity index (χ4v) is 3.42. The molecule has 5 heteroatoms. The van der Waals surface area contributed by atoms with E-state index in [9.17, 15) is 4.39 Å². The molecule has 1 heterocycles. The molecule has 2 aromatic rings. The van der Waals surface area contributed by atoms with Crippen LogP contribution >= 0.6 is 0 Å². The second kappa shape index (κ2) is 10.4. The van der Waals surface area contributed by atoms with Gasteiger partial charge in [-0.3, -0.25) is 0 Å². The van der Waals surface area contributed by atoms with Gasteiger partial charge in [0, 0.05) is 26.2 Å². The standard InChI is InChI=1S/C23H31FN2O2/c1-3-27-23-17-19(5-4-12-26-15-13-25(2)14-16-26)8-11-22(23)28-18-20-6-9-21(24)10-7-20/h6-11,17H,3-5,12-16,18H2,1-2H3. The van der Waals surface area contributed by atoms with Crippen molar-refractivity contribution in [2.24, 2.45) is 0 Å². The van der Waals surface area contributed by atoms with Gasteiger partial charge in [0.05, 0.1) is 6.61 Å². The minimum Gasteiger partial charge on any atom is -0.490 e. The van der Waals surface area contributed by atoms with Crippen molar-refractivity contribution >= 4 is 0 Å². The average molecular weight is 387 g/mol. The molecule has 1 aliphatic heterocycles. The van der Waals surface area contributed by atoms with E-state index >= 15 is 0 Å². The van der Waals surface area contributed by atoms with Crippen LogP contribution in [0.3, 0.4) is 0 Å². The quantitative estimate of drug-likeness (QED) is 0.651. The summed E-state index contributed by atoms with van der Waals surface area (Å²) < 4.78 is 24.7. The first-order valence-electron chi connectivity index (χ1n) is 10.2. The maximum absolute atomic E-state index is 13.0. The van der Waals surface area contributed by atoms with Crippen LogP contribution < -0.4 is 9.47 Å². The van der Waals surface area contributed by atoms with Crippen LogP contribution in [-0.4, -0.2) is 56.2 Å². The van der Waals surface area contributed by atoms with Crippen molar-refractivity contribution in [1.82, 2.24) is 9.80 Å². The van der Waals surface area contributed by atoms with Crippen molar-refractivity contribution in [2.75, 3.05) is 46.4 Å². The van der Waals surface area contributed by atoms with E-state index in [1.165, 1.54) is 17.7 Å². The lowest BCUT2D eigenvalue weighted by molar-refractivity contribution is 0.153. The number of aryl methyl sites for hydroxylation is 1. The Kier molecular flexibility index (Phi) is 7.69. The Bertz CT molecular complexity index is 728. The molecule has 0 amide bonds. The topological polar surface area (TPSA) is 24.9 Å². The first-order valence-corrected chi connectivity index (χ1v) is 10.2. The molecule has 0 spiro atoms. The largest absolute Gasteiger partial charge is 0.490 e. The highest BCUT2D eigenvalue weighted by molar-refractivity contribution is 5.43. The molecule has 3 rings (SSSR count). The molecule has 4 nitrogen and oxygen atoms in total. The third-order valence-corrected chi connectivity index (χ3v) is 5.15. The summed E-state index contributed by atoms with van der Waals surface area (Å²) >= 11 is 0. The van der Waals surface area contributed by atoms with Crippen LogP contribution in [0, 0.1) is 5.82 Å². The summed E-state index contributed by atoms with van der Waals surface area (Å²) in [6.07, 6.45) is 2.18. The van der Waals surface area contributed by atoms with Crippen molar-refractivity contribution in [3.05, 3.63) is 59.4 Å². The zero-order chi connectivity index (χ0) is 19.8. The van der Waals surface area contributed by atoms with Crippen LogP contribution in [-0.2, 0) is 13.0 Å². The van der Waals surface area contributed by atoms with E-state index in [-0.39, 0.29) is 5.82 Å². The Hall–Kier alpha value is -2.11. The highest BCUT2D eigenvalue weighted by Crippen LogP contribution is 2.30. The van der Waals surface area contributed by atoms with Gasteiger partial charge in [0.25, 0.3) is 0 Å². The Morgan fingerprint density at radius 3 is 2.32 bits per heavy atom. The summed E-state index contributed by atoms with van der Waals surface area (Å²) in [5.41, 5.74) is 2.20. The lowest BCUT2D eigenvalue weighted by atomic mass is 10.1. The maximum atomic E-state index is 13.0. The number of ether oxygens (including phenoxy) is 2. The van der Waals surface area contributed by atoms with Gasteiger partial charge in [-0.1, -0.05) is 18.2 Å². The normalized spacial score (nSPS) is 15.5. The number of halogens is 1. The van der Waals surface area contributed by atoms with Crippen LogP contribution in [0.2, 0.25) is 0 Å². The van der Waals surface area contributed by atoms with E-state index in [2.05, 4.69) is 29.0 Å². The minimum atomic E-state index is -0.236. The van der Waals surface area contributed by atoms with Crippen LogP contribution in [0.4, 0.5) is 4.39 Å². The molecule has 1 fully saturated rings. The molecule has 0 bridgehead atoms. The molecular formula is C23H31FN2O2. The Balaban J connectivity index is 1.53. The second-order valence-corrected chi connectivity index (χ2v) is 7.38. The number of rotatable bonds is 9. The van der Waals surface area contributed by atoms with Crippen molar-refractivity contribution in [1.29, 1.82) is 0 Å². The third-order valence-electron chi connectivity index (χ3n) is 5.15. The lowest BCUT2D eigenvalue weighted by Gasteiger charge is -2.32. The summed E-state index contributed by atoms with van der Waals surface area (Å²) in [4.78, 5) is 4.93. The first kappa shape index (κ1) is 20.6. The van der Waals surface area contributed by atoms with E-state index < -0.39 is 0 Å². The van der Waals surface area contributed by atoms with Gasteiger partial charge in [-0.25, -0.2) is 4.39 Å². The predicted molar refractivity (Wildman–Crippen MR) is 111 cm³/mol. The van der Waals surface area contributed by atoms with Crippen molar-refractivity contribution in [3.8, 4) is 11.5 Å². The zero-order valence-corrected chi connectivity index (χ0v) is 17.0. The van der Waals surface area contributed by atoms with Gasteiger partial charge in [0.1, 0.15) is 12.4 Å². The van der Waals surface area contributed by atoms with Crippen LogP contribution in [0.1, 0.15) is 24.5 Å². The lowest BCUT2D eigenvalue weighted by Crippen LogP contribution is -2.44. The fraction of sp³-hybridized carbons (Fsp3) is 0.478. The molecular weight excluding hydrogens is 355 g/mol. The molecule has 0 N–H and O–H groups in total. The van der Waals surface area contributed by atoms with E-state index in [0.717, 1.165) is 62.6 Å². The number of hydrogen-bond acceptors (Lipinski definition) is 4. The summed E-state index contributed by atoms with van der Waals surface area (Å²) in [5, 5.41) is 0. The monoisotopic (exact) mass is 386 g/mol. The minimum absolute atomic E-state index is 0.236. The molecule has 2 aromatic carbocycles. The number of piperazine rings is 1. The molecule has 1 aliphatic rings. The fourth-order valence-electron chi connectivity index (χ4n) is 3.42. The second-order valence-electron chi connectivity index (χ2n) is 7.38. The third kappa shape index (κ3) is 6.21. The molecule has 0 aromatic heterocycles. The molecule has 28 heavy (non-hydrogen) atoms. The molecule has 0 aliphatic carbocycles. The summed E-state index contributed by atoms with van der Waals surface area (Å²) in [6.45, 7) is 8.75. The van der Waals surface area contributed by atoms with E-state index in [4.69, 9.17) is 9.47 Å². The predicted octanol–water partition coefficient (Wildman–Crippen LogP) is 3.98. The highest BCUT2D eigenvalue weighted by Gasteiger charge is 2.13. The van der Waals surface area contributed by atoms with Crippen LogP contribution in [0.5, 0.6) is 11.5 Å². The van der Waals surface area contributed by atoms with Crippen molar-refractivity contribution in [3.63, 3.8) is 0 Å². The number of nitrogens with zero attached hydrogens (tertiary/aromatic N) is 2. The van der Waals surface area contributed by atoms with Crippen molar-refractivity contribution < 1.29 is 13.9 Å². The van der Waals surface area contributed by atoms with Gasteiger partial charge >= 0.3 is 0 Å². The molecule has 0 unspecified atom stereocenters. The smallest absolute Gasteiger partial charge is 0.161 e. The van der Waals surface area contributed by atoms with Gasteiger partial charge in [-0.05, 0) is 68.8 Å². The molecule has 0 radical (unpaired) electrons. The maximum Gasteiger partial charge on any atom is 0.161 e. The van der Waals surface area contributed by atoms with E-state index in [1.807, 2.05) is 13.0 Å². The van der Waals surface area contributed by atoms with Gasteiger partial charge in [0.15, 0.2) is 11.5 Å². The highest BCUT2D eigenvalue weighted by atomic mass is 19.1. The Morgan fingerprint density at radius 2 is 1.61 bits per heavy atom. The van der Waals surface area contributed by atoms with Crippen LogP contribution in [0.15, 0.2) is 42.5 Å². The summed E-state index contributed by atoms with van der Waals surface area (Å²) in [5.74, 6) is 1.27. The SMILES string of the molecule is CCOc1cc(CCCN2CCN(C)CC2)ccc1OCc1ccc(F)cc1. The first-order chi connectivity index (χ1) is 13.6. The Labute approximate surface area is 167 Å². The molecule has 0 atom stereocenters. The van der Waals surface area contributed by atoms with Gasteiger partial charge in [-0.15, -0.1) is 0 Å². The molecule has 1 saturated heterocycles. The number of likely N-dealkylation sites (N-methyl/N-ethyl adjacent to an activating group) is 1. The number of benzene rings is 2. The van der Waals surface area contributed by atoms with E-state index in [1.54, 1.807) is 12.1 Å². The van der Waals surface area contributed by atoms with E-state index in [0.29, 0.717) is 13.2 Å². The van der Waals surface area contributed by atoms with Gasteiger partial charge in [0.2, 0.25) is 0 Å². The van der Waals surface area contributed by atoms with Gasteiger partial charge in [-0.2, -0.15) is 0 Å². The summed E-state index contributed by atoms with van der Waals surface area (Å²) in [6, 6.07) is 12.6. The Morgan fingerprint density at radius 1 is 0.893 bits per heavy atom. The van der Waals surface area contributed by atoms with Gasteiger partial charge < -0.3 is 19.3 Å². The molecule has 152 valence electrons. The van der Waals surface area contributed by atoms with Crippen LogP contribution in [0.25, 0.3) is 0 Å². The molecule has 0 saturated carbocycles. The zero-order valence-electron chi connectivity index (χ0n) is 17.0. The average Bonchev–Trinajstić information content (AvgIpc) is 2.70.